The highest BCUT2D eigenvalue weighted by Gasteiger charge is 2.52. The molecule has 13 heavy (non-hydrogen) atoms. The van der Waals surface area contributed by atoms with Crippen LogP contribution in [-0.4, -0.2) is 17.9 Å². The first-order valence-electron chi connectivity index (χ1n) is 5.53. The summed E-state index contributed by atoms with van der Waals surface area (Å²) in [5, 5.41) is 3.46. The molecule has 0 aromatic rings. The predicted molar refractivity (Wildman–Crippen MR) is 50.5 cm³/mol. The van der Waals surface area contributed by atoms with Gasteiger partial charge in [-0.25, -0.2) is 0 Å². The predicted octanol–water partition coefficient (Wildman–Crippen LogP) is 1.64. The number of Topliss-reactive ketones (excluding diaryl/α,β-unsaturated/α-hetero) is 1. The fourth-order valence-corrected chi connectivity index (χ4v) is 3.21. The molecule has 3 fully saturated rings. The van der Waals surface area contributed by atoms with Crippen molar-refractivity contribution in [1.29, 1.82) is 0 Å². The quantitative estimate of drug-likeness (QED) is 0.574. The van der Waals surface area contributed by atoms with Gasteiger partial charge in [-0.3, -0.25) is 4.79 Å². The summed E-state index contributed by atoms with van der Waals surface area (Å²) in [6, 6.07) is 0. The number of carbonyl (C=O) groups is 1. The summed E-state index contributed by atoms with van der Waals surface area (Å²) in [6.45, 7) is 1.21. The van der Waals surface area contributed by atoms with Crippen molar-refractivity contribution in [2.75, 3.05) is 6.54 Å². The van der Waals surface area contributed by atoms with E-state index in [1.54, 1.807) is 0 Å². The third kappa shape index (κ3) is 1.08. The highest BCUT2D eigenvalue weighted by molar-refractivity contribution is 5.86. The van der Waals surface area contributed by atoms with Crippen LogP contribution in [0.25, 0.3) is 0 Å². The minimum Gasteiger partial charge on any atom is -0.308 e. The maximum Gasteiger partial charge on any atom is 0.139 e. The van der Waals surface area contributed by atoms with Gasteiger partial charge in [-0.05, 0) is 38.5 Å². The number of rotatable bonds is 0. The largest absolute Gasteiger partial charge is 0.308 e. The standard InChI is InChI=1S/C11H17NO/c13-9-2-1-3-10(9)4-6-11(7-5-10)8-12-11/h12H,1-8H2. The van der Waals surface area contributed by atoms with Crippen LogP contribution in [0.4, 0.5) is 0 Å². The van der Waals surface area contributed by atoms with E-state index in [-0.39, 0.29) is 5.41 Å². The Labute approximate surface area is 79.1 Å². The molecule has 0 radical (unpaired) electrons. The van der Waals surface area contributed by atoms with Crippen LogP contribution in [0.2, 0.25) is 0 Å². The zero-order valence-electron chi connectivity index (χ0n) is 8.07. The molecule has 1 N–H and O–H groups in total. The van der Waals surface area contributed by atoms with Crippen LogP contribution in [0.3, 0.4) is 0 Å². The molecule has 2 saturated carbocycles. The van der Waals surface area contributed by atoms with E-state index >= 15 is 0 Å². The third-order valence-corrected chi connectivity index (χ3v) is 4.49. The molecule has 0 aromatic heterocycles. The van der Waals surface area contributed by atoms with Gasteiger partial charge in [0.05, 0.1) is 0 Å². The van der Waals surface area contributed by atoms with E-state index in [9.17, 15) is 4.79 Å². The summed E-state index contributed by atoms with van der Waals surface area (Å²) >= 11 is 0. The van der Waals surface area contributed by atoms with E-state index in [1.165, 1.54) is 38.6 Å². The second-order valence-corrected chi connectivity index (χ2v) is 5.19. The average Bonchev–Trinajstić information content (AvgIpc) is 2.82. The zero-order valence-corrected chi connectivity index (χ0v) is 8.07. The first-order chi connectivity index (χ1) is 6.25. The molecule has 0 unspecified atom stereocenters. The highest BCUT2D eigenvalue weighted by atomic mass is 16.1. The van der Waals surface area contributed by atoms with Gasteiger partial charge in [0.2, 0.25) is 0 Å². The summed E-state index contributed by atoms with van der Waals surface area (Å²) < 4.78 is 0. The van der Waals surface area contributed by atoms with Gasteiger partial charge in [-0.15, -0.1) is 0 Å². The van der Waals surface area contributed by atoms with Crippen molar-refractivity contribution in [2.45, 2.75) is 50.5 Å². The molecule has 0 atom stereocenters. The van der Waals surface area contributed by atoms with Crippen LogP contribution in [0, 0.1) is 5.41 Å². The van der Waals surface area contributed by atoms with E-state index in [2.05, 4.69) is 5.32 Å². The molecule has 2 aliphatic carbocycles. The molecular weight excluding hydrogens is 162 g/mol. The Morgan fingerprint density at radius 3 is 2.23 bits per heavy atom. The van der Waals surface area contributed by atoms with Crippen molar-refractivity contribution in [2.24, 2.45) is 5.41 Å². The van der Waals surface area contributed by atoms with Crippen LogP contribution in [0.15, 0.2) is 0 Å². The van der Waals surface area contributed by atoms with Crippen molar-refractivity contribution in [3.63, 3.8) is 0 Å². The lowest BCUT2D eigenvalue weighted by atomic mass is 9.68. The molecule has 1 heterocycles. The molecule has 3 rings (SSSR count). The summed E-state index contributed by atoms with van der Waals surface area (Å²) in [5.74, 6) is 0.572. The van der Waals surface area contributed by atoms with Gasteiger partial charge in [0.15, 0.2) is 0 Å². The van der Waals surface area contributed by atoms with Gasteiger partial charge in [0.1, 0.15) is 5.78 Å². The minimum absolute atomic E-state index is 0.148. The van der Waals surface area contributed by atoms with E-state index < -0.39 is 0 Å². The molecule has 1 aliphatic heterocycles. The van der Waals surface area contributed by atoms with Crippen LogP contribution in [-0.2, 0) is 4.79 Å². The summed E-state index contributed by atoms with van der Waals surface area (Å²) in [4.78, 5) is 11.8. The first kappa shape index (κ1) is 7.98. The van der Waals surface area contributed by atoms with Crippen LogP contribution >= 0.6 is 0 Å². The van der Waals surface area contributed by atoms with E-state index in [0.29, 0.717) is 11.3 Å². The van der Waals surface area contributed by atoms with Gasteiger partial charge < -0.3 is 5.32 Å². The van der Waals surface area contributed by atoms with Gasteiger partial charge in [0.25, 0.3) is 0 Å². The first-order valence-corrected chi connectivity index (χ1v) is 5.53. The summed E-state index contributed by atoms with van der Waals surface area (Å²) in [6.07, 6.45) is 8.02. The Bertz CT molecular complexity index is 245. The Balaban J connectivity index is 1.76. The van der Waals surface area contributed by atoms with Gasteiger partial charge >= 0.3 is 0 Å². The smallest absolute Gasteiger partial charge is 0.139 e. The zero-order chi connectivity index (χ0) is 8.94. The maximum absolute atomic E-state index is 11.8. The second kappa shape index (κ2) is 2.35. The van der Waals surface area contributed by atoms with Gasteiger partial charge in [-0.1, -0.05) is 0 Å². The Morgan fingerprint density at radius 1 is 1.08 bits per heavy atom. The SMILES string of the molecule is O=C1CCCC12CCC1(CC2)CN1. The molecule has 0 amide bonds. The lowest BCUT2D eigenvalue weighted by Gasteiger charge is -2.35. The average molecular weight is 179 g/mol. The molecule has 2 spiro atoms. The van der Waals surface area contributed by atoms with Crippen LogP contribution < -0.4 is 5.32 Å². The fraction of sp³-hybridized carbons (Fsp3) is 0.909. The topological polar surface area (TPSA) is 39.0 Å². The summed E-state index contributed by atoms with van der Waals surface area (Å²) in [5.41, 5.74) is 0.642. The highest BCUT2D eigenvalue weighted by Crippen LogP contribution is 2.51. The summed E-state index contributed by atoms with van der Waals surface area (Å²) in [7, 11) is 0. The van der Waals surface area contributed by atoms with E-state index in [1.807, 2.05) is 0 Å². The van der Waals surface area contributed by atoms with Crippen LogP contribution in [0.1, 0.15) is 44.9 Å². The number of carbonyl (C=O) groups excluding carboxylic acids is 1. The molecule has 3 aliphatic rings. The molecule has 1 saturated heterocycles. The normalized spacial score (nSPS) is 49.1. The lowest BCUT2D eigenvalue weighted by Crippen LogP contribution is -2.35. The van der Waals surface area contributed by atoms with Gasteiger partial charge in [-0.2, -0.15) is 0 Å². The van der Waals surface area contributed by atoms with Crippen molar-refractivity contribution in [3.8, 4) is 0 Å². The Kier molecular flexibility index (Phi) is 1.44. The number of hydrogen-bond acceptors (Lipinski definition) is 2. The van der Waals surface area contributed by atoms with E-state index in [0.717, 1.165) is 12.8 Å². The number of hydrogen-bond donors (Lipinski definition) is 1. The van der Waals surface area contributed by atoms with E-state index in [4.69, 9.17) is 0 Å². The molecule has 2 nitrogen and oxygen atoms in total. The molecular formula is C11H17NO. The number of nitrogens with one attached hydrogen (secondary N) is 1. The van der Waals surface area contributed by atoms with Crippen molar-refractivity contribution >= 4 is 5.78 Å². The van der Waals surface area contributed by atoms with Crippen molar-refractivity contribution < 1.29 is 4.79 Å². The fourth-order valence-electron chi connectivity index (χ4n) is 3.21. The van der Waals surface area contributed by atoms with Crippen molar-refractivity contribution in [3.05, 3.63) is 0 Å². The monoisotopic (exact) mass is 179 g/mol. The Hall–Kier alpha value is -0.370. The minimum atomic E-state index is 0.148. The van der Waals surface area contributed by atoms with Crippen molar-refractivity contribution in [1.82, 2.24) is 5.32 Å². The molecule has 2 heteroatoms. The molecule has 0 aromatic carbocycles. The van der Waals surface area contributed by atoms with Gasteiger partial charge in [0, 0.05) is 23.9 Å². The maximum atomic E-state index is 11.8. The lowest BCUT2D eigenvalue weighted by molar-refractivity contribution is -0.127. The second-order valence-electron chi connectivity index (χ2n) is 5.19. The molecule has 72 valence electrons. The number of ketones is 1. The van der Waals surface area contributed by atoms with Crippen LogP contribution in [0.5, 0.6) is 0 Å². The molecule has 0 bridgehead atoms. The Morgan fingerprint density at radius 2 is 1.77 bits per heavy atom. The third-order valence-electron chi connectivity index (χ3n) is 4.49.